The van der Waals surface area contributed by atoms with Crippen molar-refractivity contribution in [2.75, 3.05) is 5.01 Å². The maximum Gasteiger partial charge on any atom is 0.280 e. The van der Waals surface area contributed by atoms with Crippen LogP contribution >= 0.6 is 23.2 Å². The number of hydrogen-bond acceptors (Lipinski definition) is 5. The second kappa shape index (κ2) is 8.02. The molecule has 2 heterocycles. The first kappa shape index (κ1) is 20.8. The van der Waals surface area contributed by atoms with Crippen LogP contribution in [0, 0.1) is 17.0 Å². The van der Waals surface area contributed by atoms with Crippen LogP contribution in [0.2, 0.25) is 10.0 Å². The van der Waals surface area contributed by atoms with Gasteiger partial charge in [0, 0.05) is 22.7 Å². The zero-order valence-corrected chi connectivity index (χ0v) is 17.9. The predicted molar refractivity (Wildman–Crippen MR) is 121 cm³/mol. The van der Waals surface area contributed by atoms with Gasteiger partial charge in [-0.05, 0) is 55.8 Å². The number of anilines is 1. The van der Waals surface area contributed by atoms with E-state index in [1.54, 1.807) is 37.3 Å². The van der Waals surface area contributed by atoms with E-state index in [9.17, 15) is 14.9 Å². The average molecular weight is 456 g/mol. The lowest BCUT2D eigenvalue weighted by atomic mass is 10.1. The highest BCUT2D eigenvalue weighted by Crippen LogP contribution is 2.34. The van der Waals surface area contributed by atoms with Gasteiger partial charge < -0.3 is 4.42 Å². The molecule has 0 aliphatic carbocycles. The fourth-order valence-corrected chi connectivity index (χ4v) is 3.49. The fraction of sp³-hybridized carbons (Fsp3) is 0.0909. The van der Waals surface area contributed by atoms with Gasteiger partial charge in [-0.15, -0.1) is 0 Å². The van der Waals surface area contributed by atoms with Crippen molar-refractivity contribution in [1.82, 2.24) is 0 Å². The Morgan fingerprint density at radius 1 is 1.06 bits per heavy atom. The summed E-state index contributed by atoms with van der Waals surface area (Å²) in [6.45, 7) is 3.60. The van der Waals surface area contributed by atoms with E-state index in [1.807, 2.05) is 13.0 Å². The number of hydrogen-bond donors (Lipinski definition) is 0. The van der Waals surface area contributed by atoms with Crippen LogP contribution in [0.1, 0.15) is 18.2 Å². The summed E-state index contributed by atoms with van der Waals surface area (Å²) in [5.74, 6) is 0.422. The molecule has 1 aliphatic rings. The van der Waals surface area contributed by atoms with E-state index in [1.165, 1.54) is 23.2 Å². The standard InChI is InChI=1S/C22H15Cl2N3O4/c1-12-3-4-14(10-20(12)24)26-22(28)17(13(2)25-26)11-16-6-8-21(31-16)18-9-15(27(29)30)5-7-19(18)23/h3-11H,1-2H3. The van der Waals surface area contributed by atoms with Crippen LogP contribution in [0.25, 0.3) is 17.4 Å². The Morgan fingerprint density at radius 3 is 2.55 bits per heavy atom. The molecule has 0 spiro atoms. The van der Waals surface area contributed by atoms with Crippen LogP contribution in [0.3, 0.4) is 0 Å². The molecule has 0 radical (unpaired) electrons. The number of carbonyl (C=O) groups excluding carboxylic acids is 1. The monoisotopic (exact) mass is 455 g/mol. The van der Waals surface area contributed by atoms with Crippen molar-refractivity contribution < 1.29 is 14.1 Å². The molecule has 1 aliphatic heterocycles. The molecule has 3 aromatic rings. The van der Waals surface area contributed by atoms with Gasteiger partial charge in [0.15, 0.2) is 0 Å². The highest BCUT2D eigenvalue weighted by molar-refractivity contribution is 6.34. The largest absolute Gasteiger partial charge is 0.457 e. The number of furan rings is 1. The summed E-state index contributed by atoms with van der Waals surface area (Å²) >= 11 is 12.4. The van der Waals surface area contributed by atoms with Gasteiger partial charge in [-0.25, -0.2) is 0 Å². The van der Waals surface area contributed by atoms with Gasteiger partial charge in [0.05, 0.1) is 26.9 Å². The van der Waals surface area contributed by atoms with Crippen LogP contribution in [-0.4, -0.2) is 16.5 Å². The fourth-order valence-electron chi connectivity index (χ4n) is 3.11. The van der Waals surface area contributed by atoms with Crippen molar-refractivity contribution in [2.45, 2.75) is 13.8 Å². The van der Waals surface area contributed by atoms with Crippen molar-refractivity contribution in [3.63, 3.8) is 0 Å². The zero-order valence-electron chi connectivity index (χ0n) is 16.4. The number of nitro groups is 1. The van der Waals surface area contributed by atoms with E-state index in [0.29, 0.717) is 44.1 Å². The Hall–Kier alpha value is -3.42. The SMILES string of the molecule is CC1=NN(c2ccc(C)c(Cl)c2)C(=O)C1=Cc1ccc(-c2cc([N+](=O)[O-])ccc2Cl)o1. The normalized spacial score (nSPS) is 15.0. The second-order valence-electron chi connectivity index (χ2n) is 6.92. The molecular formula is C22H15Cl2N3O4. The van der Waals surface area contributed by atoms with Gasteiger partial charge >= 0.3 is 0 Å². The number of carbonyl (C=O) groups is 1. The molecule has 0 saturated heterocycles. The summed E-state index contributed by atoms with van der Waals surface area (Å²) in [5.41, 5.74) is 2.63. The third-order valence-corrected chi connectivity index (χ3v) is 5.54. The molecule has 2 aromatic carbocycles. The maximum absolute atomic E-state index is 12.9. The Morgan fingerprint density at radius 2 is 1.84 bits per heavy atom. The van der Waals surface area contributed by atoms with Crippen LogP contribution < -0.4 is 5.01 Å². The molecule has 0 saturated carbocycles. The van der Waals surface area contributed by atoms with Crippen LogP contribution in [-0.2, 0) is 4.79 Å². The summed E-state index contributed by atoms with van der Waals surface area (Å²) < 4.78 is 5.79. The summed E-state index contributed by atoms with van der Waals surface area (Å²) in [5, 5.41) is 17.5. The van der Waals surface area contributed by atoms with E-state index < -0.39 is 4.92 Å². The quantitative estimate of drug-likeness (QED) is 0.263. The summed E-state index contributed by atoms with van der Waals surface area (Å²) in [7, 11) is 0. The van der Waals surface area contributed by atoms with Gasteiger partial charge in [0.2, 0.25) is 0 Å². The number of halogens is 2. The Kier molecular flexibility index (Phi) is 5.39. The molecule has 7 nitrogen and oxygen atoms in total. The van der Waals surface area contributed by atoms with Crippen molar-refractivity contribution >= 4 is 52.3 Å². The van der Waals surface area contributed by atoms with Gasteiger partial charge in [0.1, 0.15) is 11.5 Å². The molecule has 0 atom stereocenters. The summed E-state index contributed by atoms with van der Waals surface area (Å²) in [6.07, 6.45) is 1.58. The van der Waals surface area contributed by atoms with E-state index in [0.717, 1.165) is 5.56 Å². The highest BCUT2D eigenvalue weighted by atomic mass is 35.5. The Balaban J connectivity index is 1.65. The topological polar surface area (TPSA) is 89.0 Å². The lowest BCUT2D eigenvalue weighted by Crippen LogP contribution is -2.21. The minimum atomic E-state index is -0.505. The molecule has 9 heteroatoms. The third kappa shape index (κ3) is 3.97. The van der Waals surface area contributed by atoms with Crippen molar-refractivity contribution in [3.8, 4) is 11.3 Å². The Bertz CT molecular complexity index is 1290. The molecule has 0 unspecified atom stereocenters. The summed E-state index contributed by atoms with van der Waals surface area (Å²) in [4.78, 5) is 23.5. The number of rotatable bonds is 4. The van der Waals surface area contributed by atoms with E-state index in [-0.39, 0.29) is 11.6 Å². The number of benzene rings is 2. The van der Waals surface area contributed by atoms with Crippen molar-refractivity contribution in [1.29, 1.82) is 0 Å². The maximum atomic E-state index is 12.9. The zero-order chi connectivity index (χ0) is 22.3. The predicted octanol–water partition coefficient (Wildman–Crippen LogP) is 6.28. The molecule has 4 rings (SSSR count). The van der Waals surface area contributed by atoms with Gasteiger partial charge in [-0.3, -0.25) is 14.9 Å². The molecule has 0 bridgehead atoms. The smallest absolute Gasteiger partial charge is 0.280 e. The van der Waals surface area contributed by atoms with Crippen LogP contribution in [0.4, 0.5) is 11.4 Å². The first-order valence-corrected chi connectivity index (χ1v) is 9.92. The van der Waals surface area contributed by atoms with E-state index in [2.05, 4.69) is 5.10 Å². The van der Waals surface area contributed by atoms with E-state index in [4.69, 9.17) is 27.6 Å². The number of hydrazone groups is 1. The van der Waals surface area contributed by atoms with Gasteiger partial charge in [0.25, 0.3) is 11.6 Å². The van der Waals surface area contributed by atoms with Crippen LogP contribution in [0.15, 0.2) is 63.6 Å². The minimum absolute atomic E-state index is 0.1000. The average Bonchev–Trinajstić information content (AvgIpc) is 3.30. The summed E-state index contributed by atoms with van der Waals surface area (Å²) in [6, 6.07) is 12.7. The molecular weight excluding hydrogens is 441 g/mol. The number of non-ortho nitro benzene ring substituents is 1. The molecule has 0 N–H and O–H groups in total. The molecule has 1 aromatic heterocycles. The molecule has 0 fully saturated rings. The lowest BCUT2D eigenvalue weighted by Gasteiger charge is -2.12. The molecule has 31 heavy (non-hydrogen) atoms. The number of nitrogens with zero attached hydrogens (tertiary/aromatic N) is 3. The third-order valence-electron chi connectivity index (χ3n) is 4.80. The second-order valence-corrected chi connectivity index (χ2v) is 7.73. The highest BCUT2D eigenvalue weighted by Gasteiger charge is 2.29. The first-order chi connectivity index (χ1) is 14.7. The number of nitro benzene ring substituents is 1. The van der Waals surface area contributed by atoms with Gasteiger partial charge in [-0.1, -0.05) is 29.3 Å². The number of amides is 1. The van der Waals surface area contributed by atoms with Crippen LogP contribution in [0.5, 0.6) is 0 Å². The van der Waals surface area contributed by atoms with Gasteiger partial charge in [-0.2, -0.15) is 10.1 Å². The Labute approximate surface area is 187 Å². The van der Waals surface area contributed by atoms with Crippen molar-refractivity contribution in [3.05, 3.63) is 85.6 Å². The molecule has 1 amide bonds. The minimum Gasteiger partial charge on any atom is -0.457 e. The lowest BCUT2D eigenvalue weighted by molar-refractivity contribution is -0.384. The molecule has 156 valence electrons. The van der Waals surface area contributed by atoms with Crippen molar-refractivity contribution in [2.24, 2.45) is 5.10 Å². The first-order valence-electron chi connectivity index (χ1n) is 9.16. The van der Waals surface area contributed by atoms with E-state index >= 15 is 0 Å². The number of aryl methyl sites for hydroxylation is 1.